The number of anilines is 1. The van der Waals surface area contributed by atoms with Crippen molar-refractivity contribution >= 4 is 35.6 Å². The van der Waals surface area contributed by atoms with Crippen molar-refractivity contribution in [1.29, 1.82) is 0 Å². The number of nitrogens with zero attached hydrogens (tertiary/aromatic N) is 4. The molecule has 0 aliphatic carbocycles. The molecule has 158 valence electrons. The molecule has 0 bridgehead atoms. The lowest BCUT2D eigenvalue weighted by molar-refractivity contribution is 0.648. The molecule has 1 atom stereocenters. The van der Waals surface area contributed by atoms with Gasteiger partial charge in [-0.05, 0) is 49.2 Å². The maximum Gasteiger partial charge on any atom is 0.191 e. The molecule has 2 aromatic carbocycles. The summed E-state index contributed by atoms with van der Waals surface area (Å²) in [7, 11) is 1.82. The predicted octanol–water partition coefficient (Wildman–Crippen LogP) is 3.74. The zero-order valence-corrected chi connectivity index (χ0v) is 19.8. The summed E-state index contributed by atoms with van der Waals surface area (Å²) in [5.74, 6) is 0.838. The van der Waals surface area contributed by atoms with E-state index in [1.165, 1.54) is 16.8 Å². The number of hydrogen-bond acceptors (Lipinski definition) is 3. The molecule has 1 fully saturated rings. The lowest BCUT2D eigenvalue weighted by Crippen LogP contribution is -2.44. The number of aliphatic imine (C=N–C) groups is 1. The Hall–Kier alpha value is -2.55. The maximum absolute atomic E-state index is 4.41. The summed E-state index contributed by atoms with van der Waals surface area (Å²) in [6.45, 7) is 4.88. The highest BCUT2D eigenvalue weighted by Crippen LogP contribution is 2.20. The van der Waals surface area contributed by atoms with Crippen LogP contribution < -0.4 is 15.5 Å². The van der Waals surface area contributed by atoms with Crippen LogP contribution in [-0.4, -0.2) is 41.9 Å². The summed E-state index contributed by atoms with van der Waals surface area (Å²) in [6, 6.07) is 19.4. The minimum atomic E-state index is 0. The van der Waals surface area contributed by atoms with Crippen LogP contribution in [0.3, 0.4) is 0 Å². The van der Waals surface area contributed by atoms with Gasteiger partial charge in [-0.3, -0.25) is 4.99 Å². The number of rotatable bonds is 5. The SMILES string of the molecule is CN=C(NCc1cccc(-n2cccn2)c1)NC1CCN(c2ccc(C)cc2)C1.I. The molecule has 1 saturated heterocycles. The Morgan fingerprint density at radius 1 is 1.13 bits per heavy atom. The highest BCUT2D eigenvalue weighted by molar-refractivity contribution is 14.0. The van der Waals surface area contributed by atoms with Crippen LogP contribution in [-0.2, 0) is 6.54 Å². The van der Waals surface area contributed by atoms with Crippen LogP contribution in [0, 0.1) is 6.92 Å². The summed E-state index contributed by atoms with van der Waals surface area (Å²) < 4.78 is 1.87. The van der Waals surface area contributed by atoms with Crippen molar-refractivity contribution in [2.45, 2.75) is 25.9 Å². The molecular formula is C23H29IN6. The zero-order chi connectivity index (χ0) is 20.1. The van der Waals surface area contributed by atoms with Gasteiger partial charge in [-0.15, -0.1) is 24.0 Å². The molecule has 4 rings (SSSR count). The van der Waals surface area contributed by atoms with Crippen molar-refractivity contribution in [3.8, 4) is 5.69 Å². The first-order valence-corrected chi connectivity index (χ1v) is 10.1. The van der Waals surface area contributed by atoms with Crippen molar-refractivity contribution in [3.05, 3.63) is 78.1 Å². The molecule has 0 spiro atoms. The molecule has 6 nitrogen and oxygen atoms in total. The minimum Gasteiger partial charge on any atom is -0.369 e. The fraction of sp³-hybridized carbons (Fsp3) is 0.304. The van der Waals surface area contributed by atoms with Gasteiger partial charge in [-0.25, -0.2) is 4.68 Å². The number of guanidine groups is 1. The van der Waals surface area contributed by atoms with Gasteiger partial charge in [0.25, 0.3) is 0 Å². The first-order valence-electron chi connectivity index (χ1n) is 10.1. The molecule has 0 radical (unpaired) electrons. The lowest BCUT2D eigenvalue weighted by Gasteiger charge is -2.20. The van der Waals surface area contributed by atoms with E-state index in [0.717, 1.165) is 31.2 Å². The van der Waals surface area contributed by atoms with Crippen molar-refractivity contribution in [2.24, 2.45) is 4.99 Å². The van der Waals surface area contributed by atoms with E-state index in [4.69, 9.17) is 0 Å². The topological polar surface area (TPSA) is 57.5 Å². The molecule has 2 N–H and O–H groups in total. The monoisotopic (exact) mass is 516 g/mol. The van der Waals surface area contributed by atoms with Gasteiger partial charge in [-0.2, -0.15) is 5.10 Å². The molecule has 0 saturated carbocycles. The van der Waals surface area contributed by atoms with Crippen LogP contribution in [0.15, 0.2) is 72.0 Å². The molecule has 2 heterocycles. The van der Waals surface area contributed by atoms with Gasteiger partial charge in [0, 0.05) is 50.8 Å². The van der Waals surface area contributed by atoms with E-state index >= 15 is 0 Å². The van der Waals surface area contributed by atoms with Crippen molar-refractivity contribution in [1.82, 2.24) is 20.4 Å². The Labute approximate surface area is 195 Å². The zero-order valence-electron chi connectivity index (χ0n) is 17.5. The Bertz CT molecular complexity index is 952. The quantitative estimate of drug-likeness (QED) is 0.308. The average molecular weight is 516 g/mol. The molecule has 0 amide bonds. The minimum absolute atomic E-state index is 0. The second-order valence-corrected chi connectivity index (χ2v) is 7.46. The number of aryl methyl sites for hydroxylation is 1. The Morgan fingerprint density at radius 2 is 1.97 bits per heavy atom. The van der Waals surface area contributed by atoms with Crippen LogP contribution >= 0.6 is 24.0 Å². The Kier molecular flexibility index (Phi) is 7.73. The summed E-state index contributed by atoms with van der Waals surface area (Å²) in [5, 5.41) is 11.3. The molecule has 3 aromatic rings. The standard InChI is InChI=1S/C23H28N6.HI/c1-18-7-9-21(10-8-18)28-14-11-20(17-28)27-23(24-2)25-16-19-5-3-6-22(15-19)29-13-4-12-26-29;/h3-10,12-13,15,20H,11,14,16-17H2,1-2H3,(H2,24,25,27);1H. The van der Waals surface area contributed by atoms with Crippen molar-refractivity contribution < 1.29 is 0 Å². The van der Waals surface area contributed by atoms with Gasteiger partial charge >= 0.3 is 0 Å². The molecule has 1 aromatic heterocycles. The first kappa shape index (κ1) is 22.1. The Morgan fingerprint density at radius 3 is 2.70 bits per heavy atom. The van der Waals surface area contributed by atoms with Crippen LogP contribution in [0.4, 0.5) is 5.69 Å². The van der Waals surface area contributed by atoms with Crippen molar-refractivity contribution in [3.63, 3.8) is 0 Å². The largest absolute Gasteiger partial charge is 0.369 e. The van der Waals surface area contributed by atoms with E-state index in [-0.39, 0.29) is 24.0 Å². The van der Waals surface area contributed by atoms with Gasteiger partial charge in [0.2, 0.25) is 0 Å². The van der Waals surface area contributed by atoms with Crippen molar-refractivity contribution in [2.75, 3.05) is 25.0 Å². The lowest BCUT2D eigenvalue weighted by atomic mass is 10.2. The summed E-state index contributed by atoms with van der Waals surface area (Å²) in [6.07, 6.45) is 4.84. The van der Waals surface area contributed by atoms with Gasteiger partial charge in [0.15, 0.2) is 5.96 Å². The number of halogens is 1. The molecule has 30 heavy (non-hydrogen) atoms. The predicted molar refractivity (Wildman–Crippen MR) is 134 cm³/mol. The third kappa shape index (κ3) is 5.53. The van der Waals surface area contributed by atoms with Crippen LogP contribution in [0.5, 0.6) is 0 Å². The van der Waals surface area contributed by atoms with E-state index in [1.54, 1.807) is 6.20 Å². The number of aromatic nitrogens is 2. The average Bonchev–Trinajstić information content (AvgIpc) is 3.44. The fourth-order valence-electron chi connectivity index (χ4n) is 3.67. The van der Waals surface area contributed by atoms with E-state index in [9.17, 15) is 0 Å². The highest BCUT2D eigenvalue weighted by Gasteiger charge is 2.23. The van der Waals surface area contributed by atoms with E-state index in [0.29, 0.717) is 12.6 Å². The second-order valence-electron chi connectivity index (χ2n) is 7.46. The maximum atomic E-state index is 4.41. The fourth-order valence-corrected chi connectivity index (χ4v) is 3.67. The third-order valence-electron chi connectivity index (χ3n) is 5.29. The first-order chi connectivity index (χ1) is 14.2. The number of benzene rings is 2. The molecule has 1 aliphatic rings. The number of hydrogen-bond donors (Lipinski definition) is 2. The van der Waals surface area contributed by atoms with E-state index < -0.39 is 0 Å². The normalized spacial score (nSPS) is 16.3. The smallest absolute Gasteiger partial charge is 0.191 e. The highest BCUT2D eigenvalue weighted by atomic mass is 127. The summed E-state index contributed by atoms with van der Waals surface area (Å²) >= 11 is 0. The van der Waals surface area contributed by atoms with Crippen LogP contribution in [0.1, 0.15) is 17.5 Å². The summed E-state index contributed by atoms with van der Waals surface area (Å²) in [5.41, 5.74) is 4.83. The van der Waals surface area contributed by atoms with Gasteiger partial charge in [0.05, 0.1) is 5.69 Å². The number of nitrogens with one attached hydrogen (secondary N) is 2. The summed E-state index contributed by atoms with van der Waals surface area (Å²) in [4.78, 5) is 6.84. The molecule has 1 aliphatic heterocycles. The van der Waals surface area contributed by atoms with E-state index in [2.05, 4.69) is 81.1 Å². The molecule has 7 heteroatoms. The van der Waals surface area contributed by atoms with Gasteiger partial charge in [0.1, 0.15) is 0 Å². The van der Waals surface area contributed by atoms with Crippen LogP contribution in [0.2, 0.25) is 0 Å². The van der Waals surface area contributed by atoms with E-state index in [1.807, 2.05) is 24.0 Å². The Balaban J connectivity index is 0.00000256. The van der Waals surface area contributed by atoms with Gasteiger partial charge in [-0.1, -0.05) is 29.8 Å². The van der Waals surface area contributed by atoms with Crippen LogP contribution in [0.25, 0.3) is 5.69 Å². The second kappa shape index (κ2) is 10.5. The van der Waals surface area contributed by atoms with Gasteiger partial charge < -0.3 is 15.5 Å². The molecule has 1 unspecified atom stereocenters. The molecular weight excluding hydrogens is 487 g/mol. The third-order valence-corrected chi connectivity index (χ3v) is 5.29.